The minimum absolute atomic E-state index is 0.229. The second-order valence-electron chi connectivity index (χ2n) is 4.43. The SMILES string of the molecule is OC1CCN(Cc2nc(-c3ccncc3)no2)C1. The van der Waals surface area contributed by atoms with Gasteiger partial charge in [0.05, 0.1) is 12.6 Å². The van der Waals surface area contributed by atoms with Crippen molar-refractivity contribution in [2.75, 3.05) is 13.1 Å². The van der Waals surface area contributed by atoms with Crippen molar-refractivity contribution < 1.29 is 9.63 Å². The van der Waals surface area contributed by atoms with Gasteiger partial charge in [0.15, 0.2) is 0 Å². The van der Waals surface area contributed by atoms with Gasteiger partial charge in [0.1, 0.15) is 0 Å². The van der Waals surface area contributed by atoms with E-state index in [2.05, 4.69) is 20.0 Å². The van der Waals surface area contributed by atoms with Crippen LogP contribution in [0.15, 0.2) is 29.0 Å². The van der Waals surface area contributed by atoms with Crippen molar-refractivity contribution in [3.05, 3.63) is 30.4 Å². The van der Waals surface area contributed by atoms with Crippen molar-refractivity contribution in [3.63, 3.8) is 0 Å². The van der Waals surface area contributed by atoms with Gasteiger partial charge in [0.25, 0.3) is 0 Å². The summed E-state index contributed by atoms with van der Waals surface area (Å²) in [5.41, 5.74) is 0.890. The highest BCUT2D eigenvalue weighted by molar-refractivity contribution is 5.52. The maximum Gasteiger partial charge on any atom is 0.241 e. The molecule has 1 unspecified atom stereocenters. The molecule has 1 atom stereocenters. The number of nitrogens with zero attached hydrogens (tertiary/aromatic N) is 4. The van der Waals surface area contributed by atoms with Crippen LogP contribution >= 0.6 is 0 Å². The third-order valence-electron chi connectivity index (χ3n) is 3.01. The van der Waals surface area contributed by atoms with Gasteiger partial charge in [-0.25, -0.2) is 0 Å². The van der Waals surface area contributed by atoms with Gasteiger partial charge >= 0.3 is 0 Å². The highest BCUT2D eigenvalue weighted by Crippen LogP contribution is 2.16. The van der Waals surface area contributed by atoms with Crippen LogP contribution in [0.3, 0.4) is 0 Å². The molecule has 0 aromatic carbocycles. The zero-order chi connectivity index (χ0) is 12.4. The van der Waals surface area contributed by atoms with E-state index in [1.807, 2.05) is 12.1 Å². The number of aliphatic hydroxyl groups excluding tert-OH is 1. The van der Waals surface area contributed by atoms with Gasteiger partial charge < -0.3 is 9.63 Å². The Kier molecular flexibility index (Phi) is 3.04. The van der Waals surface area contributed by atoms with E-state index in [0.717, 1.165) is 18.5 Å². The number of likely N-dealkylation sites (tertiary alicyclic amines) is 1. The first-order chi connectivity index (χ1) is 8.81. The molecule has 1 N–H and O–H groups in total. The molecule has 6 heteroatoms. The molecule has 0 amide bonds. The lowest BCUT2D eigenvalue weighted by atomic mass is 10.2. The lowest BCUT2D eigenvalue weighted by Gasteiger charge is -2.10. The monoisotopic (exact) mass is 246 g/mol. The van der Waals surface area contributed by atoms with E-state index in [9.17, 15) is 5.11 Å². The molecule has 94 valence electrons. The summed E-state index contributed by atoms with van der Waals surface area (Å²) >= 11 is 0. The molecule has 3 heterocycles. The summed E-state index contributed by atoms with van der Waals surface area (Å²) in [4.78, 5) is 10.4. The predicted octanol–water partition coefficient (Wildman–Crippen LogP) is 0.698. The Morgan fingerprint density at radius 3 is 2.94 bits per heavy atom. The molecule has 1 fully saturated rings. The standard InChI is InChI=1S/C12H14N4O2/c17-10-3-6-16(7-10)8-11-14-12(15-18-11)9-1-4-13-5-2-9/h1-2,4-5,10,17H,3,6-8H2. The second-order valence-corrected chi connectivity index (χ2v) is 4.43. The Morgan fingerprint density at radius 2 is 2.22 bits per heavy atom. The number of pyridine rings is 1. The third kappa shape index (κ3) is 2.39. The van der Waals surface area contributed by atoms with Crippen LogP contribution in [0, 0.1) is 0 Å². The van der Waals surface area contributed by atoms with Gasteiger partial charge in [-0.15, -0.1) is 0 Å². The fourth-order valence-corrected chi connectivity index (χ4v) is 2.08. The highest BCUT2D eigenvalue weighted by atomic mass is 16.5. The van der Waals surface area contributed by atoms with Gasteiger partial charge in [-0.2, -0.15) is 4.98 Å². The van der Waals surface area contributed by atoms with Crippen LogP contribution in [0.25, 0.3) is 11.4 Å². The molecule has 0 bridgehead atoms. The fourth-order valence-electron chi connectivity index (χ4n) is 2.08. The van der Waals surface area contributed by atoms with E-state index in [4.69, 9.17) is 4.52 Å². The average Bonchev–Trinajstić information content (AvgIpc) is 3.01. The van der Waals surface area contributed by atoms with Crippen LogP contribution in [0.4, 0.5) is 0 Å². The summed E-state index contributed by atoms with van der Waals surface area (Å²) in [5.74, 6) is 1.16. The quantitative estimate of drug-likeness (QED) is 0.859. The van der Waals surface area contributed by atoms with Crippen molar-refractivity contribution in [2.24, 2.45) is 0 Å². The Hall–Kier alpha value is -1.79. The third-order valence-corrected chi connectivity index (χ3v) is 3.01. The number of hydrogen-bond acceptors (Lipinski definition) is 6. The molecule has 18 heavy (non-hydrogen) atoms. The first-order valence-corrected chi connectivity index (χ1v) is 5.94. The van der Waals surface area contributed by atoms with E-state index in [1.54, 1.807) is 12.4 Å². The zero-order valence-corrected chi connectivity index (χ0v) is 9.86. The minimum atomic E-state index is -0.229. The number of β-amino-alcohol motifs (C(OH)–C–C–N with tert-alkyl or cyclic N) is 1. The van der Waals surface area contributed by atoms with Gasteiger partial charge in [-0.1, -0.05) is 5.16 Å². The molecule has 6 nitrogen and oxygen atoms in total. The van der Waals surface area contributed by atoms with Gasteiger partial charge in [-0.05, 0) is 18.6 Å². The van der Waals surface area contributed by atoms with Gasteiger partial charge in [0.2, 0.25) is 11.7 Å². The molecule has 0 saturated carbocycles. The average molecular weight is 246 g/mol. The van der Waals surface area contributed by atoms with Crippen LogP contribution < -0.4 is 0 Å². The summed E-state index contributed by atoms with van der Waals surface area (Å²) in [6, 6.07) is 3.68. The minimum Gasteiger partial charge on any atom is -0.392 e. The van der Waals surface area contributed by atoms with Crippen molar-refractivity contribution in [1.82, 2.24) is 20.0 Å². The maximum atomic E-state index is 9.45. The Bertz CT molecular complexity index is 514. The number of hydrogen-bond donors (Lipinski definition) is 1. The summed E-state index contributed by atoms with van der Waals surface area (Å²) in [6.07, 6.45) is 3.98. The van der Waals surface area contributed by atoms with E-state index < -0.39 is 0 Å². The van der Waals surface area contributed by atoms with E-state index in [1.165, 1.54) is 0 Å². The lowest BCUT2D eigenvalue weighted by molar-refractivity contribution is 0.169. The number of rotatable bonds is 3. The summed E-state index contributed by atoms with van der Waals surface area (Å²) < 4.78 is 5.21. The largest absolute Gasteiger partial charge is 0.392 e. The van der Waals surface area contributed by atoms with Crippen molar-refractivity contribution >= 4 is 0 Å². The smallest absolute Gasteiger partial charge is 0.241 e. The van der Waals surface area contributed by atoms with E-state index in [-0.39, 0.29) is 6.10 Å². The molecule has 0 spiro atoms. The van der Waals surface area contributed by atoms with Gasteiger partial charge in [0, 0.05) is 31.0 Å². The van der Waals surface area contributed by atoms with Crippen molar-refractivity contribution in [3.8, 4) is 11.4 Å². The number of aromatic nitrogens is 3. The molecule has 2 aromatic rings. The molecule has 3 rings (SSSR count). The first-order valence-electron chi connectivity index (χ1n) is 5.94. The van der Waals surface area contributed by atoms with Crippen LogP contribution in [0.2, 0.25) is 0 Å². The summed E-state index contributed by atoms with van der Waals surface area (Å²) in [7, 11) is 0. The topological polar surface area (TPSA) is 75.3 Å². The van der Waals surface area contributed by atoms with E-state index >= 15 is 0 Å². The molecule has 0 radical (unpaired) electrons. The Balaban J connectivity index is 1.70. The Morgan fingerprint density at radius 1 is 1.39 bits per heavy atom. The maximum absolute atomic E-state index is 9.45. The second kappa shape index (κ2) is 4.83. The van der Waals surface area contributed by atoms with E-state index in [0.29, 0.717) is 24.8 Å². The Labute approximate surface area is 104 Å². The summed E-state index contributed by atoms with van der Waals surface area (Å²) in [5, 5.41) is 13.4. The first kappa shape index (κ1) is 11.3. The lowest BCUT2D eigenvalue weighted by Crippen LogP contribution is -2.21. The van der Waals surface area contributed by atoms with Gasteiger partial charge in [-0.3, -0.25) is 9.88 Å². The van der Waals surface area contributed by atoms with Crippen molar-refractivity contribution in [1.29, 1.82) is 0 Å². The summed E-state index contributed by atoms with van der Waals surface area (Å²) in [6.45, 7) is 2.14. The molecule has 1 aliphatic heterocycles. The molecular weight excluding hydrogens is 232 g/mol. The molecule has 2 aromatic heterocycles. The molecule has 1 aliphatic rings. The molecule has 0 aliphatic carbocycles. The normalized spacial score (nSPS) is 20.4. The predicted molar refractivity (Wildman–Crippen MR) is 63.4 cm³/mol. The number of aliphatic hydroxyl groups is 1. The van der Waals surface area contributed by atoms with Crippen LogP contribution in [0.5, 0.6) is 0 Å². The zero-order valence-electron chi connectivity index (χ0n) is 9.86. The van der Waals surface area contributed by atoms with Crippen LogP contribution in [-0.4, -0.2) is 44.3 Å². The van der Waals surface area contributed by atoms with Crippen LogP contribution in [-0.2, 0) is 6.54 Å². The van der Waals surface area contributed by atoms with Crippen LogP contribution in [0.1, 0.15) is 12.3 Å². The fraction of sp³-hybridized carbons (Fsp3) is 0.417. The highest BCUT2D eigenvalue weighted by Gasteiger charge is 2.22. The molecule has 1 saturated heterocycles. The molecular formula is C12H14N4O2. The van der Waals surface area contributed by atoms with Crippen molar-refractivity contribution in [2.45, 2.75) is 19.1 Å².